The van der Waals surface area contributed by atoms with Crippen molar-refractivity contribution in [2.45, 2.75) is 0 Å². The highest BCUT2D eigenvalue weighted by molar-refractivity contribution is 9.55. The first-order chi connectivity index (χ1) is 29.6. The highest BCUT2D eigenvalue weighted by atomic mass is 33.6. The second-order valence-corrected chi connectivity index (χ2v) is 277. The maximum absolute atomic E-state index is 3.66. The normalized spacial score (nSPS) is 16.4. The van der Waals surface area contributed by atoms with Crippen LogP contribution in [0.25, 0.3) is 0 Å². The van der Waals surface area contributed by atoms with E-state index < -0.39 is 0 Å². The van der Waals surface area contributed by atoms with E-state index in [0.717, 1.165) is 7.96 Å². The highest BCUT2D eigenvalue weighted by Gasteiger charge is 2.62. The molecule has 65 heavy (non-hydrogen) atoms. The van der Waals surface area contributed by atoms with E-state index in [4.69, 9.17) is 0 Å². The van der Waals surface area contributed by atoms with Gasteiger partial charge in [-0.2, -0.15) is 0 Å². The summed E-state index contributed by atoms with van der Waals surface area (Å²) in [6.45, 7) is -7.79. The molecular weight excluding hydrogens is 2010 g/mol. The fourth-order valence-corrected chi connectivity index (χ4v) is 946. The van der Waals surface area contributed by atoms with E-state index in [1.165, 1.54) is 0 Å². The molecule has 0 saturated heterocycles. The van der Waals surface area contributed by atoms with Crippen molar-refractivity contribution in [3.05, 3.63) is 0 Å². The summed E-state index contributed by atoms with van der Waals surface area (Å²) >= 11 is 0. The zero-order chi connectivity index (χ0) is 51.6. The fraction of sp³-hybridized carbons (Fsp3) is 0. The molecule has 0 aliphatic heterocycles. The Morgan fingerprint density at radius 2 is 0.246 bits per heavy atom. The third-order valence-electron chi connectivity index (χ3n) is 5.68. The smallest absolute Gasteiger partial charge is 0.00000974 e. The Hall–Kier alpha value is 27.9. The Morgan fingerprint density at radius 3 is 0.338 bits per heavy atom. The zero-order valence-corrected chi connectivity index (χ0v) is 100. The van der Waals surface area contributed by atoms with Gasteiger partial charge in [-0.05, 0) is 217 Å². The van der Waals surface area contributed by atoms with E-state index in [2.05, 4.69) is 295 Å². The summed E-state index contributed by atoms with van der Waals surface area (Å²) in [6.07, 6.45) is 0. The van der Waals surface area contributed by atoms with E-state index in [1.807, 2.05) is 0 Å². The molecule has 0 aromatic carbocycles. The predicted molar refractivity (Wildman–Crippen MR) is 543 cm³/mol. The summed E-state index contributed by atoms with van der Waals surface area (Å²) in [4.78, 5) is 0. The first-order valence-corrected chi connectivity index (χ1v) is 133. The topological polar surface area (TPSA) is 0 Å². The van der Waals surface area contributed by atoms with Crippen molar-refractivity contribution in [3.63, 3.8) is 0 Å². The van der Waals surface area contributed by atoms with Gasteiger partial charge in [-0.25, -0.2) is 0 Å². The van der Waals surface area contributed by atoms with Crippen LogP contribution in [0, 0.1) is 0 Å². The summed E-state index contributed by atoms with van der Waals surface area (Å²) in [5.74, 6) is 0. The highest BCUT2D eigenvalue weighted by Crippen LogP contribution is 3.49. The largest absolute Gasteiger partial charge is 0.109 e. The molecule has 38 atom stereocenters. The van der Waals surface area contributed by atoms with Gasteiger partial charge in [-0.1, -0.05) is 7.96 Å². The van der Waals surface area contributed by atoms with Crippen LogP contribution < -0.4 is 0 Å². The Labute approximate surface area is 511 Å². The minimum absolute atomic E-state index is 0.128. The molecule has 0 aromatic rings. The Bertz CT molecular complexity index is 1040. The average Bonchev–Trinajstić information content (AvgIpc) is 3.08. The molecule has 0 aliphatic carbocycles. The number of hydrogen-bond donors (Lipinski definition) is 0. The molecule has 0 N–H and O–H groups in total. The lowest BCUT2D eigenvalue weighted by Crippen LogP contribution is -1.73. The Morgan fingerprint density at radius 1 is 0.138 bits per heavy atom. The van der Waals surface area contributed by atoms with Gasteiger partial charge in [0, 0.05) is 0 Å². The average molecular weight is 2080 g/mol. The van der Waals surface area contributed by atoms with Crippen molar-refractivity contribution in [2.24, 2.45) is 0 Å². The van der Waals surface area contributed by atoms with Crippen LogP contribution in [0.1, 0.15) is 0 Å². The minimum atomic E-state index is -0.308. The second kappa shape index (κ2) is 51.1. The van der Waals surface area contributed by atoms with Gasteiger partial charge in [0.15, 0.2) is 0 Å². The van der Waals surface area contributed by atoms with Crippen LogP contribution in [0.3, 0.4) is 0 Å². The molecule has 0 radical (unpaired) electrons. The minimum Gasteiger partial charge on any atom is -0.109 e. The third-order valence-corrected chi connectivity index (χ3v) is 460. The van der Waals surface area contributed by atoms with E-state index in [0.29, 0.717) is 0 Å². The SMILES string of the molecule is PPP(P(P)P)P(P(P)P)P(P(P(P)P)P(P)P)P(P(P(P(P)P)P(P)P)P(P(P)P)P(P)P)P(P(P(P(P)P)P(P)P)P(P(P)P)P(P)P)P(P(P(P)P)P(P)P)P(P(P)P)P(P)P. The zero-order valence-electron chi connectivity index (χ0n) is 33.4. The van der Waals surface area contributed by atoms with Crippen LogP contribution in [-0.2, 0) is 0 Å². The molecule has 0 nitrogen and oxygen atoms in total. The lowest BCUT2D eigenvalue weighted by atomic mass is 28.4. The fourth-order valence-electron chi connectivity index (χ4n) is 3.89. The molecule has 0 rings (SSSR count). The molecule has 65 heteroatoms. The molecule has 0 amide bonds. The standard InChI is InChI=1S/H67P65/c1-34-51(35(2)3)59(50(32)33)63(58(48(28)29)49(30)31)65(62(56(44(20)21)45(22)23)57(46(24)25)47(26)27)64(60(52(36(4)5)37(6)7)53(38(8)9)39(10)11)61(54(40(12)13)41(14)15)55(42(16)17)43(18)19/h34H,1-33H2. The first-order valence-electron chi connectivity index (χ1n) is 14.8. The van der Waals surface area contributed by atoms with E-state index in [9.17, 15) is 0 Å². The van der Waals surface area contributed by atoms with Gasteiger partial charge in [0.25, 0.3) is 0 Å². The Balaban J connectivity index is 11.2. The maximum Gasteiger partial charge on any atom is -0.00000974 e. The molecular formula is H67P65. The summed E-state index contributed by atoms with van der Waals surface area (Å²) in [6, 6.07) is 0. The lowest BCUT2D eigenvalue weighted by molar-refractivity contribution is 4.33. The van der Waals surface area contributed by atoms with Crippen LogP contribution in [0.15, 0.2) is 0 Å². The summed E-state index contributed by atoms with van der Waals surface area (Å²) in [5.41, 5.74) is 0. The monoisotopic (exact) mass is 2080 g/mol. The van der Waals surface area contributed by atoms with Gasteiger partial charge in [0.2, 0.25) is 0 Å². The van der Waals surface area contributed by atoms with E-state index >= 15 is 0 Å². The van der Waals surface area contributed by atoms with E-state index in [-0.39, 0.29) is 217 Å². The van der Waals surface area contributed by atoms with Gasteiger partial charge in [0.1, 0.15) is 0 Å². The van der Waals surface area contributed by atoms with Crippen LogP contribution in [-0.4, -0.2) is 0 Å². The summed E-state index contributed by atoms with van der Waals surface area (Å²) in [7, 11) is 119. The van der Waals surface area contributed by atoms with Gasteiger partial charge in [0.05, 0.1) is 0 Å². The lowest BCUT2D eigenvalue weighted by Gasteiger charge is -2.61. The quantitative estimate of drug-likeness (QED) is 0.0607. The molecule has 0 saturated carbocycles. The van der Waals surface area contributed by atoms with Gasteiger partial charge >= 0.3 is 0 Å². The second-order valence-electron chi connectivity index (χ2n) is 10.3. The molecule has 0 bridgehead atoms. The number of rotatable bonds is 31. The van der Waals surface area contributed by atoms with Gasteiger partial charge in [-0.3, -0.25) is 0 Å². The van der Waals surface area contributed by atoms with Crippen LogP contribution >= 0.6 is 519 Å². The molecule has 0 aromatic heterocycles. The van der Waals surface area contributed by atoms with Crippen molar-refractivity contribution in [1.29, 1.82) is 0 Å². The molecule has 0 fully saturated rings. The predicted octanol–water partition coefficient (Wildman–Crippen LogP) is 38.0. The maximum atomic E-state index is 3.66. The molecule has 392 valence electrons. The third kappa shape index (κ3) is 33.1. The summed E-state index contributed by atoms with van der Waals surface area (Å²) < 4.78 is 0. The van der Waals surface area contributed by atoms with E-state index in [1.54, 1.807) is 0 Å². The van der Waals surface area contributed by atoms with Crippen molar-refractivity contribution in [3.8, 4) is 0 Å². The van der Waals surface area contributed by atoms with Crippen LogP contribution in [0.5, 0.6) is 0 Å². The van der Waals surface area contributed by atoms with Gasteiger partial charge < -0.3 is 0 Å². The molecule has 0 spiro atoms. The van der Waals surface area contributed by atoms with Crippen LogP contribution in [0.4, 0.5) is 0 Å². The van der Waals surface area contributed by atoms with Crippen molar-refractivity contribution in [1.82, 2.24) is 0 Å². The van der Waals surface area contributed by atoms with Crippen molar-refractivity contribution < 1.29 is 0 Å². The van der Waals surface area contributed by atoms with Crippen molar-refractivity contribution in [2.75, 3.05) is 0 Å². The van der Waals surface area contributed by atoms with Crippen molar-refractivity contribution >= 4 is 519 Å². The van der Waals surface area contributed by atoms with Crippen LogP contribution in [0.2, 0.25) is 0 Å². The molecule has 0 heterocycles. The molecule has 38 unspecified atom stereocenters. The molecule has 0 aliphatic rings. The summed E-state index contributed by atoms with van der Waals surface area (Å²) in [5, 5.41) is 0. The van der Waals surface area contributed by atoms with Gasteiger partial charge in [-0.15, -0.1) is 295 Å². The Kier molecular flexibility index (Phi) is 73.1. The first kappa shape index (κ1) is 93.0. The number of hydrogen-bond acceptors (Lipinski definition) is 0.